The molecule has 6 nitrogen and oxygen atoms in total. The van der Waals surface area contributed by atoms with Crippen LogP contribution in [-0.2, 0) is 27.3 Å². The van der Waals surface area contributed by atoms with Gasteiger partial charge in [-0.3, -0.25) is 4.79 Å². The van der Waals surface area contributed by atoms with Crippen molar-refractivity contribution >= 4 is 11.9 Å². The molecule has 1 aromatic carbocycles. The van der Waals surface area contributed by atoms with E-state index in [0.717, 1.165) is 29.4 Å². The molecule has 2 atom stereocenters. The van der Waals surface area contributed by atoms with Crippen LogP contribution in [-0.4, -0.2) is 49.1 Å². The van der Waals surface area contributed by atoms with E-state index in [9.17, 15) is 9.59 Å². The standard InChI is InChI=1S/C25H34N2O4/c1-4-30-25(29)20(3)27(16-22-11-12-22)18-24(28)26(17-23-13-10-19(2)31-23)15-14-21-8-6-5-7-9-21/h5-10,13,20,22H,4,11-12,14-18H2,1-3H3/p+1/t20-/m0/s1. The summed E-state index contributed by atoms with van der Waals surface area (Å²) in [6.07, 6.45) is 3.13. The number of nitrogens with one attached hydrogen (secondary N) is 1. The van der Waals surface area contributed by atoms with E-state index in [4.69, 9.17) is 9.15 Å². The Morgan fingerprint density at radius 3 is 2.55 bits per heavy atom. The zero-order chi connectivity index (χ0) is 22.2. The van der Waals surface area contributed by atoms with E-state index in [1.165, 1.54) is 18.4 Å². The number of hydrogen-bond acceptors (Lipinski definition) is 4. The minimum atomic E-state index is -0.355. The van der Waals surface area contributed by atoms with Crippen LogP contribution < -0.4 is 4.90 Å². The van der Waals surface area contributed by atoms with Gasteiger partial charge in [-0.15, -0.1) is 0 Å². The highest BCUT2D eigenvalue weighted by atomic mass is 16.5. The third kappa shape index (κ3) is 7.24. The molecule has 1 unspecified atom stereocenters. The number of rotatable bonds is 12. The molecule has 31 heavy (non-hydrogen) atoms. The van der Waals surface area contributed by atoms with Crippen molar-refractivity contribution in [2.45, 2.75) is 52.6 Å². The summed E-state index contributed by atoms with van der Waals surface area (Å²) in [6, 6.07) is 13.7. The van der Waals surface area contributed by atoms with E-state index in [1.54, 1.807) is 0 Å². The van der Waals surface area contributed by atoms with Gasteiger partial charge in [0, 0.05) is 12.5 Å². The van der Waals surface area contributed by atoms with Gasteiger partial charge in [-0.2, -0.15) is 0 Å². The van der Waals surface area contributed by atoms with Gasteiger partial charge in [-0.1, -0.05) is 30.3 Å². The van der Waals surface area contributed by atoms with Crippen molar-refractivity contribution in [2.24, 2.45) is 5.92 Å². The lowest BCUT2D eigenvalue weighted by Crippen LogP contribution is -3.17. The van der Waals surface area contributed by atoms with Gasteiger partial charge in [-0.05, 0) is 57.7 Å². The van der Waals surface area contributed by atoms with Crippen molar-refractivity contribution in [3.8, 4) is 0 Å². The van der Waals surface area contributed by atoms with Crippen molar-refractivity contribution in [3.05, 3.63) is 59.5 Å². The summed E-state index contributed by atoms with van der Waals surface area (Å²) >= 11 is 0. The van der Waals surface area contributed by atoms with Gasteiger partial charge in [0.25, 0.3) is 5.91 Å². The number of ether oxygens (including phenoxy) is 1. The molecule has 0 bridgehead atoms. The van der Waals surface area contributed by atoms with Gasteiger partial charge < -0.3 is 19.0 Å². The highest BCUT2D eigenvalue weighted by molar-refractivity contribution is 5.78. The maximum absolute atomic E-state index is 13.4. The Labute approximate surface area is 185 Å². The summed E-state index contributed by atoms with van der Waals surface area (Å²) in [5.41, 5.74) is 1.19. The van der Waals surface area contributed by atoms with E-state index < -0.39 is 0 Å². The summed E-state index contributed by atoms with van der Waals surface area (Å²) in [5, 5.41) is 0. The maximum atomic E-state index is 13.4. The van der Waals surface area contributed by atoms with Gasteiger partial charge in [-0.25, -0.2) is 4.79 Å². The number of aryl methyl sites for hydroxylation is 1. The first-order valence-corrected chi connectivity index (χ1v) is 11.3. The van der Waals surface area contributed by atoms with Gasteiger partial charge in [0.2, 0.25) is 0 Å². The normalized spacial score (nSPS) is 15.3. The summed E-state index contributed by atoms with van der Waals surface area (Å²) in [6.45, 7) is 8.09. The highest BCUT2D eigenvalue weighted by Crippen LogP contribution is 2.26. The minimum absolute atomic E-state index is 0.0387. The molecule has 3 rings (SSSR count). The maximum Gasteiger partial charge on any atom is 0.364 e. The Morgan fingerprint density at radius 2 is 1.94 bits per heavy atom. The number of quaternary nitrogens is 1. The number of furan rings is 1. The second-order valence-electron chi connectivity index (χ2n) is 8.52. The smallest absolute Gasteiger partial charge is 0.364 e. The molecule has 0 saturated heterocycles. The first-order chi connectivity index (χ1) is 15.0. The van der Waals surface area contributed by atoms with E-state index in [-0.39, 0.29) is 24.5 Å². The predicted octanol–water partition coefficient (Wildman–Crippen LogP) is 2.41. The van der Waals surface area contributed by atoms with E-state index in [1.807, 2.05) is 56.0 Å². The number of esters is 1. The third-order valence-electron chi connectivity index (χ3n) is 5.89. The lowest BCUT2D eigenvalue weighted by Gasteiger charge is -2.28. The van der Waals surface area contributed by atoms with Crippen LogP contribution in [0, 0.1) is 12.8 Å². The molecule has 1 heterocycles. The third-order valence-corrected chi connectivity index (χ3v) is 5.89. The van der Waals surface area contributed by atoms with E-state index >= 15 is 0 Å². The highest BCUT2D eigenvalue weighted by Gasteiger charge is 2.35. The van der Waals surface area contributed by atoms with Crippen LogP contribution in [0.15, 0.2) is 46.9 Å². The van der Waals surface area contributed by atoms with Crippen LogP contribution in [0.1, 0.15) is 43.8 Å². The molecule has 1 N–H and O–H groups in total. The summed E-state index contributed by atoms with van der Waals surface area (Å²) in [5.74, 6) is 2.02. The Morgan fingerprint density at radius 1 is 1.19 bits per heavy atom. The SMILES string of the molecule is CCOC(=O)[C@H](C)[NH+](CC(=O)N(CCc1ccccc1)Cc1ccc(C)o1)CC1CC1. The van der Waals surface area contributed by atoms with Gasteiger partial charge in [0.05, 0.1) is 19.7 Å². The number of carbonyl (C=O) groups excluding carboxylic acids is 2. The van der Waals surface area contributed by atoms with Crippen molar-refractivity contribution in [3.63, 3.8) is 0 Å². The van der Waals surface area contributed by atoms with E-state index in [2.05, 4.69) is 12.1 Å². The summed E-state index contributed by atoms with van der Waals surface area (Å²) in [7, 11) is 0. The molecule has 2 aromatic rings. The van der Waals surface area contributed by atoms with Crippen molar-refractivity contribution < 1.29 is 23.6 Å². The average molecular weight is 428 g/mol. The fourth-order valence-corrected chi connectivity index (χ4v) is 3.79. The molecule has 0 aliphatic heterocycles. The predicted molar refractivity (Wildman–Crippen MR) is 119 cm³/mol. The number of hydrogen-bond donors (Lipinski definition) is 1. The molecule has 0 radical (unpaired) electrons. The molecular formula is C25H35N2O4+. The van der Waals surface area contributed by atoms with Gasteiger partial charge >= 0.3 is 5.97 Å². The van der Waals surface area contributed by atoms with Crippen LogP contribution in [0.5, 0.6) is 0 Å². The lowest BCUT2D eigenvalue weighted by atomic mass is 10.1. The zero-order valence-corrected chi connectivity index (χ0v) is 18.9. The molecule has 1 fully saturated rings. The largest absolute Gasteiger partial charge is 0.464 e. The molecule has 6 heteroatoms. The Balaban J connectivity index is 1.69. The first kappa shape index (κ1) is 23.1. The van der Waals surface area contributed by atoms with Crippen molar-refractivity contribution in [1.82, 2.24) is 4.90 Å². The van der Waals surface area contributed by atoms with Crippen LogP contribution in [0.4, 0.5) is 0 Å². The van der Waals surface area contributed by atoms with Crippen molar-refractivity contribution in [2.75, 3.05) is 26.2 Å². The molecule has 168 valence electrons. The van der Waals surface area contributed by atoms with Crippen LogP contribution in [0.25, 0.3) is 0 Å². The first-order valence-electron chi connectivity index (χ1n) is 11.3. The second-order valence-corrected chi connectivity index (χ2v) is 8.52. The fraction of sp³-hybridized carbons (Fsp3) is 0.520. The number of benzene rings is 1. The molecule has 0 spiro atoms. The number of amides is 1. The molecule has 1 aliphatic carbocycles. The Kier molecular flexibility index (Phi) is 8.29. The fourth-order valence-electron chi connectivity index (χ4n) is 3.79. The average Bonchev–Trinajstić information content (AvgIpc) is 3.49. The quantitative estimate of drug-likeness (QED) is 0.529. The monoisotopic (exact) mass is 427 g/mol. The number of carbonyl (C=O) groups is 2. The zero-order valence-electron chi connectivity index (χ0n) is 18.9. The van der Waals surface area contributed by atoms with Crippen LogP contribution in [0.3, 0.4) is 0 Å². The molecule has 1 aromatic heterocycles. The topological polar surface area (TPSA) is 64.2 Å². The summed E-state index contributed by atoms with van der Waals surface area (Å²) in [4.78, 5) is 28.6. The van der Waals surface area contributed by atoms with Crippen LogP contribution in [0.2, 0.25) is 0 Å². The Hall–Kier alpha value is -2.60. The molecular weight excluding hydrogens is 392 g/mol. The van der Waals surface area contributed by atoms with Gasteiger partial charge in [0.15, 0.2) is 12.6 Å². The Bertz CT molecular complexity index is 844. The molecule has 1 aliphatic rings. The molecule has 1 amide bonds. The van der Waals surface area contributed by atoms with Gasteiger partial charge in [0.1, 0.15) is 11.5 Å². The minimum Gasteiger partial charge on any atom is -0.464 e. The van der Waals surface area contributed by atoms with Crippen LogP contribution >= 0.6 is 0 Å². The van der Waals surface area contributed by atoms with E-state index in [0.29, 0.717) is 25.6 Å². The van der Waals surface area contributed by atoms with Crippen molar-refractivity contribution in [1.29, 1.82) is 0 Å². The summed E-state index contributed by atoms with van der Waals surface area (Å²) < 4.78 is 11.0. The second kappa shape index (κ2) is 11.1. The number of nitrogens with zero attached hydrogens (tertiary/aromatic N) is 1. The molecule has 1 saturated carbocycles. The lowest BCUT2D eigenvalue weighted by molar-refractivity contribution is -0.909.